The van der Waals surface area contributed by atoms with Crippen LogP contribution >= 0.6 is 0 Å². The Morgan fingerprint density at radius 3 is 2.59 bits per heavy atom. The molecular formula is C19H28N2O5S. The highest BCUT2D eigenvalue weighted by Gasteiger charge is 2.58. The molecule has 0 aliphatic carbocycles. The number of hydrogen-bond acceptors (Lipinski definition) is 5. The first-order chi connectivity index (χ1) is 12.6. The lowest BCUT2D eigenvalue weighted by Gasteiger charge is -2.58. The van der Waals surface area contributed by atoms with Gasteiger partial charge in [0.2, 0.25) is 0 Å². The van der Waals surface area contributed by atoms with Gasteiger partial charge in [0, 0.05) is 44.1 Å². The second-order valence-electron chi connectivity index (χ2n) is 8.68. The van der Waals surface area contributed by atoms with Gasteiger partial charge < -0.3 is 14.2 Å². The number of ether oxygens (including phenoxy) is 3. The molecule has 7 nitrogen and oxygen atoms in total. The van der Waals surface area contributed by atoms with Crippen molar-refractivity contribution >= 4 is 10.2 Å². The van der Waals surface area contributed by atoms with E-state index in [1.54, 1.807) is 21.2 Å². The zero-order valence-electron chi connectivity index (χ0n) is 16.6. The minimum Gasteiger partial charge on any atom is -0.493 e. The predicted molar refractivity (Wildman–Crippen MR) is 101 cm³/mol. The SMILES string of the molecule is COc1cccc2c1OC(C)(C)[C@H]1CC3(CO[C@H]21)CN(S(=O)(=O)N(C)C)C3. The normalized spacial score (nSPS) is 28.8. The van der Waals surface area contributed by atoms with E-state index in [1.165, 1.54) is 8.61 Å². The fourth-order valence-electron chi connectivity index (χ4n) is 4.61. The van der Waals surface area contributed by atoms with E-state index < -0.39 is 15.8 Å². The minimum absolute atomic E-state index is 0.0658. The average molecular weight is 397 g/mol. The van der Waals surface area contributed by atoms with Crippen LogP contribution in [-0.2, 0) is 14.9 Å². The summed E-state index contributed by atoms with van der Waals surface area (Å²) in [6.07, 6.45) is 0.810. The van der Waals surface area contributed by atoms with Gasteiger partial charge in [-0.2, -0.15) is 17.0 Å². The highest BCUT2D eigenvalue weighted by Crippen LogP contribution is 2.57. The van der Waals surface area contributed by atoms with Crippen molar-refractivity contribution in [2.75, 3.05) is 40.9 Å². The molecule has 2 fully saturated rings. The lowest BCUT2D eigenvalue weighted by atomic mass is 9.65. The van der Waals surface area contributed by atoms with Gasteiger partial charge in [-0.15, -0.1) is 0 Å². The lowest BCUT2D eigenvalue weighted by Crippen LogP contribution is -2.66. The van der Waals surface area contributed by atoms with Crippen molar-refractivity contribution < 1.29 is 22.6 Å². The number of nitrogens with zero attached hydrogens (tertiary/aromatic N) is 2. The summed E-state index contributed by atoms with van der Waals surface area (Å²) in [5.74, 6) is 1.62. The van der Waals surface area contributed by atoms with E-state index in [1.807, 2.05) is 18.2 Å². The van der Waals surface area contributed by atoms with Crippen LogP contribution in [0.5, 0.6) is 11.5 Å². The standard InChI is InChI=1S/C19H28N2O5S/c1-18(2)14-9-19(10-21(11-19)27(22,23)20(3)4)12-25-16(14)13-7-6-8-15(24-5)17(13)26-18/h6-8,14,16H,9-12H2,1-5H3/t14-,16+/m0/s1. The lowest BCUT2D eigenvalue weighted by molar-refractivity contribution is -0.188. The molecule has 0 N–H and O–H groups in total. The smallest absolute Gasteiger partial charge is 0.281 e. The van der Waals surface area contributed by atoms with E-state index >= 15 is 0 Å². The fourth-order valence-corrected chi connectivity index (χ4v) is 5.95. The van der Waals surface area contributed by atoms with E-state index in [0.717, 1.165) is 23.5 Å². The van der Waals surface area contributed by atoms with Gasteiger partial charge in [0.25, 0.3) is 10.2 Å². The zero-order chi connectivity index (χ0) is 19.6. The number of benzene rings is 1. The summed E-state index contributed by atoms with van der Waals surface area (Å²) >= 11 is 0. The Labute approximate surface area is 161 Å². The summed E-state index contributed by atoms with van der Waals surface area (Å²) < 4.78 is 45.7. The topological polar surface area (TPSA) is 68.3 Å². The van der Waals surface area contributed by atoms with Gasteiger partial charge in [-0.3, -0.25) is 0 Å². The molecule has 3 aliphatic rings. The molecule has 2 saturated heterocycles. The molecule has 150 valence electrons. The minimum atomic E-state index is -3.37. The first-order valence-corrected chi connectivity index (χ1v) is 10.6. The van der Waals surface area contributed by atoms with Gasteiger partial charge >= 0.3 is 0 Å². The maximum Gasteiger partial charge on any atom is 0.281 e. The number of rotatable bonds is 3. The summed E-state index contributed by atoms with van der Waals surface area (Å²) in [6.45, 7) is 5.71. The molecule has 2 atom stereocenters. The predicted octanol–water partition coefficient (Wildman–Crippen LogP) is 2.05. The summed E-state index contributed by atoms with van der Waals surface area (Å²) in [6, 6.07) is 5.89. The first-order valence-electron chi connectivity index (χ1n) is 9.25. The quantitative estimate of drug-likeness (QED) is 0.782. The van der Waals surface area contributed by atoms with Crippen molar-refractivity contribution in [1.29, 1.82) is 0 Å². The second kappa shape index (κ2) is 6.07. The molecule has 4 rings (SSSR count). The van der Waals surface area contributed by atoms with Crippen LogP contribution < -0.4 is 9.47 Å². The summed E-state index contributed by atoms with van der Waals surface area (Å²) in [5.41, 5.74) is 0.451. The third kappa shape index (κ3) is 2.85. The Balaban J connectivity index is 1.59. The van der Waals surface area contributed by atoms with Crippen molar-refractivity contribution in [3.05, 3.63) is 23.8 Å². The van der Waals surface area contributed by atoms with Crippen LogP contribution in [0.4, 0.5) is 0 Å². The van der Waals surface area contributed by atoms with Crippen molar-refractivity contribution in [2.45, 2.75) is 32.0 Å². The van der Waals surface area contributed by atoms with Crippen molar-refractivity contribution in [3.8, 4) is 11.5 Å². The van der Waals surface area contributed by atoms with Gasteiger partial charge in [0.05, 0.1) is 19.8 Å². The summed E-state index contributed by atoms with van der Waals surface area (Å²) in [7, 11) is 1.41. The fraction of sp³-hybridized carbons (Fsp3) is 0.684. The van der Waals surface area contributed by atoms with Crippen LogP contribution in [0.1, 0.15) is 31.9 Å². The molecule has 0 radical (unpaired) electrons. The Morgan fingerprint density at radius 1 is 1.26 bits per heavy atom. The summed E-state index contributed by atoms with van der Waals surface area (Å²) in [5, 5.41) is 0. The van der Waals surface area contributed by atoms with E-state index in [4.69, 9.17) is 14.2 Å². The van der Waals surface area contributed by atoms with E-state index in [9.17, 15) is 8.42 Å². The molecule has 0 saturated carbocycles. The molecule has 0 unspecified atom stereocenters. The monoisotopic (exact) mass is 396 g/mol. The molecular weight excluding hydrogens is 368 g/mol. The first kappa shape index (κ1) is 19.0. The summed E-state index contributed by atoms with van der Waals surface area (Å²) in [4.78, 5) is 0. The molecule has 1 aromatic rings. The Bertz CT molecular complexity index is 846. The van der Waals surface area contributed by atoms with Crippen LogP contribution in [0.3, 0.4) is 0 Å². The Hall–Kier alpha value is -1.35. The number of methoxy groups -OCH3 is 1. The maximum absolute atomic E-state index is 12.4. The molecule has 0 bridgehead atoms. The third-order valence-corrected chi connectivity index (χ3v) is 8.03. The molecule has 8 heteroatoms. The van der Waals surface area contributed by atoms with Gasteiger partial charge in [0.15, 0.2) is 11.5 Å². The molecule has 0 aromatic heterocycles. The highest BCUT2D eigenvalue weighted by atomic mass is 32.2. The maximum atomic E-state index is 12.4. The van der Waals surface area contributed by atoms with Crippen LogP contribution in [0.15, 0.2) is 18.2 Å². The number of para-hydroxylation sites is 1. The molecule has 27 heavy (non-hydrogen) atoms. The average Bonchev–Trinajstić information content (AvgIpc) is 2.58. The van der Waals surface area contributed by atoms with Gasteiger partial charge in [0.1, 0.15) is 5.60 Å². The van der Waals surface area contributed by atoms with Crippen LogP contribution in [0, 0.1) is 11.3 Å². The molecule has 1 spiro atoms. The number of fused-ring (bicyclic) bond motifs is 3. The molecule has 3 aliphatic heterocycles. The van der Waals surface area contributed by atoms with E-state index in [0.29, 0.717) is 19.7 Å². The molecule has 1 aromatic carbocycles. The second-order valence-corrected chi connectivity index (χ2v) is 10.8. The van der Waals surface area contributed by atoms with Crippen LogP contribution in [0.2, 0.25) is 0 Å². The largest absolute Gasteiger partial charge is 0.493 e. The van der Waals surface area contributed by atoms with Gasteiger partial charge in [-0.05, 0) is 26.3 Å². The van der Waals surface area contributed by atoms with Gasteiger partial charge in [-0.25, -0.2) is 0 Å². The Kier molecular flexibility index (Phi) is 4.27. The highest BCUT2D eigenvalue weighted by molar-refractivity contribution is 7.86. The molecule has 3 heterocycles. The van der Waals surface area contributed by atoms with Gasteiger partial charge in [-0.1, -0.05) is 12.1 Å². The molecule has 0 amide bonds. The van der Waals surface area contributed by atoms with Crippen molar-refractivity contribution in [2.24, 2.45) is 11.3 Å². The Morgan fingerprint density at radius 2 is 1.96 bits per heavy atom. The van der Waals surface area contributed by atoms with Crippen molar-refractivity contribution in [1.82, 2.24) is 8.61 Å². The van der Waals surface area contributed by atoms with Crippen molar-refractivity contribution in [3.63, 3.8) is 0 Å². The third-order valence-electron chi connectivity index (χ3n) is 6.19. The van der Waals surface area contributed by atoms with Crippen LogP contribution in [-0.4, -0.2) is 63.5 Å². The zero-order valence-corrected chi connectivity index (χ0v) is 17.4. The van der Waals surface area contributed by atoms with E-state index in [-0.39, 0.29) is 17.4 Å². The number of hydrogen-bond donors (Lipinski definition) is 0. The van der Waals surface area contributed by atoms with E-state index in [2.05, 4.69) is 13.8 Å². The van der Waals surface area contributed by atoms with Crippen LogP contribution in [0.25, 0.3) is 0 Å².